The maximum Gasteiger partial charge on any atom is 0.234 e. The van der Waals surface area contributed by atoms with Crippen molar-refractivity contribution >= 4 is 35.0 Å². The van der Waals surface area contributed by atoms with Gasteiger partial charge in [-0.2, -0.15) is 0 Å². The zero-order valence-corrected chi connectivity index (χ0v) is 18.0. The summed E-state index contributed by atoms with van der Waals surface area (Å²) in [5, 5.41) is 12.9. The van der Waals surface area contributed by atoms with Crippen molar-refractivity contribution in [3.63, 3.8) is 0 Å². The molecule has 0 aliphatic heterocycles. The van der Waals surface area contributed by atoms with E-state index in [1.807, 2.05) is 60.0 Å². The van der Waals surface area contributed by atoms with Gasteiger partial charge in [-0.1, -0.05) is 30.3 Å². The summed E-state index contributed by atoms with van der Waals surface area (Å²) in [5.74, 6) is 1.70. The van der Waals surface area contributed by atoms with E-state index in [0.717, 1.165) is 40.9 Å². The number of benzene rings is 2. The van der Waals surface area contributed by atoms with Gasteiger partial charge in [0.25, 0.3) is 0 Å². The van der Waals surface area contributed by atoms with Gasteiger partial charge < -0.3 is 14.6 Å². The van der Waals surface area contributed by atoms with Crippen LogP contribution in [0.5, 0.6) is 5.75 Å². The van der Waals surface area contributed by atoms with Crippen LogP contribution < -0.4 is 10.1 Å². The molecular weight excluding hydrogens is 408 g/mol. The lowest BCUT2D eigenvalue weighted by molar-refractivity contribution is -0.113. The molecule has 0 aliphatic carbocycles. The number of nitrogens with zero attached hydrogens (tertiary/aromatic N) is 3. The van der Waals surface area contributed by atoms with Crippen LogP contribution in [0.3, 0.4) is 0 Å². The Kier molecular flexibility index (Phi) is 7.55. The SMILES string of the molecule is CCCn1c(SCC(=O)Nc2ccc(OCC)cc2)nnc1-c1ccc(Cl)cc1. The summed E-state index contributed by atoms with van der Waals surface area (Å²) >= 11 is 7.35. The fourth-order valence-electron chi connectivity index (χ4n) is 2.76. The third-order valence-corrected chi connectivity index (χ3v) is 5.27. The molecule has 3 rings (SSSR count). The highest BCUT2D eigenvalue weighted by atomic mass is 35.5. The topological polar surface area (TPSA) is 69.0 Å². The van der Waals surface area contributed by atoms with Crippen molar-refractivity contribution in [2.45, 2.75) is 32.0 Å². The molecule has 6 nitrogen and oxygen atoms in total. The van der Waals surface area contributed by atoms with Gasteiger partial charge in [0.05, 0.1) is 12.4 Å². The van der Waals surface area contributed by atoms with Crippen LogP contribution >= 0.6 is 23.4 Å². The average molecular weight is 431 g/mol. The van der Waals surface area contributed by atoms with Gasteiger partial charge >= 0.3 is 0 Å². The Hall–Kier alpha value is -2.51. The Morgan fingerprint density at radius 2 is 1.83 bits per heavy atom. The van der Waals surface area contributed by atoms with Gasteiger partial charge in [-0.25, -0.2) is 0 Å². The smallest absolute Gasteiger partial charge is 0.234 e. The predicted octanol–water partition coefficient (Wildman–Crippen LogP) is 5.14. The number of halogens is 1. The molecule has 3 aromatic rings. The standard InChI is InChI=1S/C21H23ClN4O2S/c1-3-13-26-20(15-5-7-16(22)8-6-15)24-25-21(26)29-14-19(27)23-17-9-11-18(12-10-17)28-4-2/h5-12H,3-4,13-14H2,1-2H3,(H,23,27). The summed E-state index contributed by atoms with van der Waals surface area (Å²) in [6.07, 6.45) is 0.935. The number of thioether (sulfide) groups is 1. The molecule has 2 aromatic carbocycles. The Morgan fingerprint density at radius 3 is 2.48 bits per heavy atom. The first-order valence-electron chi connectivity index (χ1n) is 9.45. The molecular formula is C21H23ClN4O2S. The molecule has 8 heteroatoms. The molecule has 152 valence electrons. The molecule has 1 aromatic heterocycles. The van der Waals surface area contributed by atoms with E-state index in [2.05, 4.69) is 22.4 Å². The second-order valence-corrected chi connectivity index (χ2v) is 7.64. The van der Waals surface area contributed by atoms with E-state index in [4.69, 9.17) is 16.3 Å². The monoisotopic (exact) mass is 430 g/mol. The van der Waals surface area contributed by atoms with E-state index in [0.29, 0.717) is 11.6 Å². The molecule has 1 N–H and O–H groups in total. The van der Waals surface area contributed by atoms with Crippen LogP contribution in [-0.4, -0.2) is 33.0 Å². The fraction of sp³-hybridized carbons (Fsp3) is 0.286. The van der Waals surface area contributed by atoms with Gasteiger partial charge in [0, 0.05) is 22.8 Å². The molecule has 0 saturated carbocycles. The van der Waals surface area contributed by atoms with E-state index in [9.17, 15) is 4.79 Å². The van der Waals surface area contributed by atoms with Crippen LogP contribution in [0.25, 0.3) is 11.4 Å². The number of rotatable bonds is 9. The number of anilines is 1. The van der Waals surface area contributed by atoms with Crippen molar-refractivity contribution in [2.75, 3.05) is 17.7 Å². The fourth-order valence-corrected chi connectivity index (χ4v) is 3.65. The Balaban J connectivity index is 1.65. The maximum atomic E-state index is 12.3. The molecule has 0 fully saturated rings. The lowest BCUT2D eigenvalue weighted by atomic mass is 10.2. The van der Waals surface area contributed by atoms with Crippen molar-refractivity contribution in [1.29, 1.82) is 0 Å². The van der Waals surface area contributed by atoms with Crippen LogP contribution in [0.4, 0.5) is 5.69 Å². The Labute approximate surface area is 179 Å². The van der Waals surface area contributed by atoms with Gasteiger partial charge in [0.2, 0.25) is 5.91 Å². The Morgan fingerprint density at radius 1 is 1.10 bits per heavy atom. The first kappa shape index (κ1) is 21.2. The van der Waals surface area contributed by atoms with Crippen molar-refractivity contribution in [1.82, 2.24) is 14.8 Å². The third kappa shape index (κ3) is 5.74. The average Bonchev–Trinajstić information content (AvgIpc) is 3.12. The minimum Gasteiger partial charge on any atom is -0.494 e. The molecule has 0 aliphatic rings. The molecule has 0 saturated heterocycles. The summed E-state index contributed by atoms with van der Waals surface area (Å²) in [6.45, 7) is 5.41. The van der Waals surface area contributed by atoms with Gasteiger partial charge in [0.1, 0.15) is 5.75 Å². The molecule has 1 heterocycles. The molecule has 0 atom stereocenters. The number of hydrogen-bond donors (Lipinski definition) is 1. The van der Waals surface area contributed by atoms with E-state index in [-0.39, 0.29) is 11.7 Å². The highest BCUT2D eigenvalue weighted by Crippen LogP contribution is 2.26. The van der Waals surface area contributed by atoms with Crippen LogP contribution in [0.1, 0.15) is 20.3 Å². The van der Waals surface area contributed by atoms with Gasteiger partial charge in [-0.3, -0.25) is 4.79 Å². The second kappa shape index (κ2) is 10.3. The van der Waals surface area contributed by atoms with E-state index < -0.39 is 0 Å². The van der Waals surface area contributed by atoms with Crippen LogP contribution in [0.2, 0.25) is 5.02 Å². The lowest BCUT2D eigenvalue weighted by Crippen LogP contribution is -2.14. The van der Waals surface area contributed by atoms with Crippen molar-refractivity contribution in [2.24, 2.45) is 0 Å². The van der Waals surface area contributed by atoms with Crippen LogP contribution in [0.15, 0.2) is 53.7 Å². The normalized spacial score (nSPS) is 10.7. The molecule has 0 radical (unpaired) electrons. The highest BCUT2D eigenvalue weighted by molar-refractivity contribution is 7.99. The number of hydrogen-bond acceptors (Lipinski definition) is 5. The van der Waals surface area contributed by atoms with E-state index >= 15 is 0 Å². The van der Waals surface area contributed by atoms with Crippen molar-refractivity contribution < 1.29 is 9.53 Å². The molecule has 1 amide bonds. The zero-order valence-electron chi connectivity index (χ0n) is 16.4. The lowest BCUT2D eigenvalue weighted by Gasteiger charge is -2.09. The highest BCUT2D eigenvalue weighted by Gasteiger charge is 2.15. The number of carbonyl (C=O) groups is 1. The summed E-state index contributed by atoms with van der Waals surface area (Å²) in [5.41, 5.74) is 1.68. The molecule has 0 spiro atoms. The minimum absolute atomic E-state index is 0.0988. The molecule has 29 heavy (non-hydrogen) atoms. The van der Waals surface area contributed by atoms with Crippen LogP contribution in [-0.2, 0) is 11.3 Å². The summed E-state index contributed by atoms with van der Waals surface area (Å²) in [7, 11) is 0. The number of amides is 1. The second-order valence-electron chi connectivity index (χ2n) is 6.26. The number of nitrogens with one attached hydrogen (secondary N) is 1. The maximum absolute atomic E-state index is 12.3. The van der Waals surface area contributed by atoms with Crippen molar-refractivity contribution in [3.8, 4) is 17.1 Å². The quantitative estimate of drug-likeness (QED) is 0.476. The van der Waals surface area contributed by atoms with Gasteiger partial charge in [-0.15, -0.1) is 10.2 Å². The minimum atomic E-state index is -0.0988. The summed E-state index contributed by atoms with van der Waals surface area (Å²) < 4.78 is 7.45. The van der Waals surface area contributed by atoms with Gasteiger partial charge in [0.15, 0.2) is 11.0 Å². The number of carbonyl (C=O) groups excluding carboxylic acids is 1. The van der Waals surface area contributed by atoms with Crippen molar-refractivity contribution in [3.05, 3.63) is 53.6 Å². The van der Waals surface area contributed by atoms with Gasteiger partial charge in [-0.05, 0) is 61.9 Å². The Bertz CT molecular complexity index is 942. The van der Waals surface area contributed by atoms with E-state index in [1.54, 1.807) is 0 Å². The van der Waals surface area contributed by atoms with Crippen LogP contribution in [0, 0.1) is 0 Å². The first-order valence-corrected chi connectivity index (χ1v) is 10.8. The van der Waals surface area contributed by atoms with E-state index in [1.165, 1.54) is 11.8 Å². The number of aromatic nitrogens is 3. The molecule has 0 bridgehead atoms. The predicted molar refractivity (Wildman–Crippen MR) is 118 cm³/mol. The summed E-state index contributed by atoms with van der Waals surface area (Å²) in [4.78, 5) is 12.3. The summed E-state index contributed by atoms with van der Waals surface area (Å²) in [6, 6.07) is 14.8. The number of ether oxygens (including phenoxy) is 1. The zero-order chi connectivity index (χ0) is 20.6. The molecule has 0 unspecified atom stereocenters. The third-order valence-electron chi connectivity index (χ3n) is 4.05. The first-order chi connectivity index (χ1) is 14.1. The largest absolute Gasteiger partial charge is 0.494 e.